The quantitative estimate of drug-likeness (QED) is 0.0199. The number of allylic oxidation sites excluding steroid dienone is 12. The molecule has 1 atom stereocenters. The van der Waals surface area contributed by atoms with E-state index < -0.39 is 6.10 Å². The predicted octanol–water partition coefficient (Wildman–Crippen LogP) is 18.6. The van der Waals surface area contributed by atoms with Gasteiger partial charge in [-0.05, 0) is 103 Å². The molecule has 0 fully saturated rings. The third-order valence-corrected chi connectivity index (χ3v) is 12.0. The Labute approximate surface area is 408 Å². The van der Waals surface area contributed by atoms with Crippen molar-refractivity contribution < 1.29 is 28.6 Å². The van der Waals surface area contributed by atoms with Crippen LogP contribution in [0.15, 0.2) is 72.9 Å². The fraction of sp³-hybridized carbons (Fsp3) is 0.750. The zero-order chi connectivity index (χ0) is 47.9. The maximum atomic E-state index is 12.8. The molecule has 0 saturated heterocycles. The van der Waals surface area contributed by atoms with Gasteiger partial charge >= 0.3 is 17.9 Å². The lowest BCUT2D eigenvalue weighted by molar-refractivity contribution is -0.167. The van der Waals surface area contributed by atoms with Crippen LogP contribution in [-0.2, 0) is 28.6 Å². The highest BCUT2D eigenvalue weighted by Crippen LogP contribution is 2.14. The van der Waals surface area contributed by atoms with E-state index in [4.69, 9.17) is 14.2 Å². The Hall–Kier alpha value is -3.15. The van der Waals surface area contributed by atoms with Crippen molar-refractivity contribution >= 4 is 17.9 Å². The maximum absolute atomic E-state index is 12.8. The smallest absolute Gasteiger partial charge is 0.306 e. The molecule has 6 nitrogen and oxygen atoms in total. The molecule has 0 radical (unpaired) electrons. The lowest BCUT2D eigenvalue weighted by Gasteiger charge is -2.18. The van der Waals surface area contributed by atoms with Gasteiger partial charge in [0.1, 0.15) is 13.2 Å². The first kappa shape index (κ1) is 62.8. The summed E-state index contributed by atoms with van der Waals surface area (Å²) >= 11 is 0. The van der Waals surface area contributed by atoms with Crippen molar-refractivity contribution in [1.29, 1.82) is 0 Å². The minimum Gasteiger partial charge on any atom is -0.462 e. The van der Waals surface area contributed by atoms with E-state index in [2.05, 4.69) is 93.7 Å². The summed E-state index contributed by atoms with van der Waals surface area (Å²) in [5.74, 6) is -0.930. The van der Waals surface area contributed by atoms with Crippen molar-refractivity contribution in [2.24, 2.45) is 0 Å². The highest BCUT2D eigenvalue weighted by molar-refractivity contribution is 5.71. The highest BCUT2D eigenvalue weighted by atomic mass is 16.6. The summed E-state index contributed by atoms with van der Waals surface area (Å²) in [6, 6.07) is 0. The van der Waals surface area contributed by atoms with E-state index in [1.165, 1.54) is 128 Å². The molecule has 0 aliphatic rings. The summed E-state index contributed by atoms with van der Waals surface area (Å²) in [7, 11) is 0. The van der Waals surface area contributed by atoms with Crippen LogP contribution in [0, 0.1) is 0 Å². The fourth-order valence-electron chi connectivity index (χ4n) is 7.70. The zero-order valence-electron chi connectivity index (χ0n) is 43.4. The molecule has 0 aliphatic heterocycles. The van der Waals surface area contributed by atoms with Gasteiger partial charge in [0.05, 0.1) is 0 Å². The Morgan fingerprint density at radius 1 is 0.318 bits per heavy atom. The van der Waals surface area contributed by atoms with Gasteiger partial charge in [0.15, 0.2) is 6.10 Å². The number of hydrogen-bond acceptors (Lipinski definition) is 6. The molecule has 380 valence electrons. The van der Waals surface area contributed by atoms with Crippen molar-refractivity contribution in [3.05, 3.63) is 72.9 Å². The van der Waals surface area contributed by atoms with E-state index in [1.807, 2.05) is 0 Å². The summed E-state index contributed by atoms with van der Waals surface area (Å²) in [6.07, 6.45) is 68.8. The minimum atomic E-state index is -0.794. The molecule has 0 rings (SSSR count). The monoisotopic (exact) mass is 921 g/mol. The first-order chi connectivity index (χ1) is 32.5. The molecule has 0 heterocycles. The van der Waals surface area contributed by atoms with E-state index in [-0.39, 0.29) is 31.1 Å². The second-order valence-electron chi connectivity index (χ2n) is 18.5. The number of esters is 3. The lowest BCUT2D eigenvalue weighted by Crippen LogP contribution is -2.30. The average molecular weight is 921 g/mol. The molecule has 6 heteroatoms. The SMILES string of the molecule is CCCCC/C=C\C/C=C\CCCCCCCCCC(=O)OC(COC(=O)CCCCC/C=C\CCCCCCCC)COC(=O)CCCCCCC\C=C/C=C\C=C/CCCCCCC. The summed E-state index contributed by atoms with van der Waals surface area (Å²) < 4.78 is 16.8. The number of carbonyl (C=O) groups is 3. The first-order valence-corrected chi connectivity index (χ1v) is 28.0. The van der Waals surface area contributed by atoms with Crippen LogP contribution in [0.25, 0.3) is 0 Å². The van der Waals surface area contributed by atoms with Gasteiger partial charge in [0.25, 0.3) is 0 Å². The third kappa shape index (κ3) is 51.8. The van der Waals surface area contributed by atoms with Crippen LogP contribution in [-0.4, -0.2) is 37.2 Å². The van der Waals surface area contributed by atoms with Gasteiger partial charge in [-0.2, -0.15) is 0 Å². The van der Waals surface area contributed by atoms with Gasteiger partial charge < -0.3 is 14.2 Å². The second kappa shape index (κ2) is 54.5. The number of carbonyl (C=O) groups excluding carboxylic acids is 3. The van der Waals surface area contributed by atoms with Crippen LogP contribution in [0.5, 0.6) is 0 Å². The molecule has 0 aromatic rings. The molecule has 0 saturated carbocycles. The maximum Gasteiger partial charge on any atom is 0.306 e. The Morgan fingerprint density at radius 3 is 1.02 bits per heavy atom. The molecule has 0 N–H and O–H groups in total. The second-order valence-corrected chi connectivity index (χ2v) is 18.5. The fourth-order valence-corrected chi connectivity index (χ4v) is 7.70. The lowest BCUT2D eigenvalue weighted by atomic mass is 10.1. The summed E-state index contributed by atoms with van der Waals surface area (Å²) in [5, 5.41) is 0. The van der Waals surface area contributed by atoms with E-state index in [1.54, 1.807) is 0 Å². The average Bonchev–Trinajstić information content (AvgIpc) is 3.31. The third-order valence-electron chi connectivity index (χ3n) is 12.0. The molecule has 66 heavy (non-hydrogen) atoms. The Morgan fingerprint density at radius 2 is 0.606 bits per heavy atom. The van der Waals surface area contributed by atoms with Crippen LogP contribution in [0.3, 0.4) is 0 Å². The summed E-state index contributed by atoms with van der Waals surface area (Å²) in [6.45, 7) is 6.56. The largest absolute Gasteiger partial charge is 0.462 e. The van der Waals surface area contributed by atoms with Crippen LogP contribution in [0.1, 0.15) is 271 Å². The van der Waals surface area contributed by atoms with Gasteiger partial charge in [-0.15, -0.1) is 0 Å². The van der Waals surface area contributed by atoms with Gasteiger partial charge in [-0.25, -0.2) is 0 Å². The van der Waals surface area contributed by atoms with E-state index >= 15 is 0 Å². The van der Waals surface area contributed by atoms with Crippen molar-refractivity contribution in [2.75, 3.05) is 13.2 Å². The van der Waals surface area contributed by atoms with Crippen molar-refractivity contribution in [3.63, 3.8) is 0 Å². The standard InChI is InChI=1S/C60H104O6/c1-4-7-10-13-16-19-22-25-27-29-31-32-35-38-41-44-47-50-53-59(62)65-56-57(55-64-58(61)52-49-46-43-40-37-34-24-21-18-15-12-9-6-3)66-60(63)54-51-48-45-42-39-36-33-30-28-26-23-20-17-14-11-8-5-2/h17,20,22,25-29,31-32,34,37,57H,4-16,18-19,21,23-24,30,33,35-36,38-56H2,1-3H3/b20-17-,25-22-,28-26-,29-27-,32-31-,37-34-. The van der Waals surface area contributed by atoms with Gasteiger partial charge in [-0.3, -0.25) is 14.4 Å². The van der Waals surface area contributed by atoms with Gasteiger partial charge in [0.2, 0.25) is 0 Å². The molecule has 0 aliphatic carbocycles. The highest BCUT2D eigenvalue weighted by Gasteiger charge is 2.19. The topological polar surface area (TPSA) is 78.9 Å². The normalized spacial score (nSPS) is 12.6. The Kier molecular flexibility index (Phi) is 51.9. The molecular weight excluding hydrogens is 817 g/mol. The summed E-state index contributed by atoms with van der Waals surface area (Å²) in [5.41, 5.74) is 0. The molecule has 0 bridgehead atoms. The van der Waals surface area contributed by atoms with E-state index in [9.17, 15) is 14.4 Å². The van der Waals surface area contributed by atoms with Crippen LogP contribution < -0.4 is 0 Å². The molecule has 0 aromatic heterocycles. The number of unbranched alkanes of at least 4 members (excludes halogenated alkanes) is 29. The molecule has 1 unspecified atom stereocenters. The minimum absolute atomic E-state index is 0.0932. The van der Waals surface area contributed by atoms with Crippen LogP contribution >= 0.6 is 0 Å². The van der Waals surface area contributed by atoms with Crippen LogP contribution in [0.4, 0.5) is 0 Å². The number of ether oxygens (including phenoxy) is 3. The first-order valence-electron chi connectivity index (χ1n) is 28.0. The molecule has 0 amide bonds. The van der Waals surface area contributed by atoms with Gasteiger partial charge in [-0.1, -0.05) is 222 Å². The predicted molar refractivity (Wildman–Crippen MR) is 284 cm³/mol. The summed E-state index contributed by atoms with van der Waals surface area (Å²) in [4.78, 5) is 38.1. The zero-order valence-corrected chi connectivity index (χ0v) is 43.4. The molecule has 0 aromatic carbocycles. The molecular formula is C60H104O6. The van der Waals surface area contributed by atoms with Crippen molar-refractivity contribution in [2.45, 2.75) is 277 Å². The Balaban J connectivity index is 4.44. The van der Waals surface area contributed by atoms with Crippen LogP contribution in [0.2, 0.25) is 0 Å². The van der Waals surface area contributed by atoms with Gasteiger partial charge in [0, 0.05) is 19.3 Å². The number of rotatable bonds is 50. The molecule has 0 spiro atoms. The Bertz CT molecular complexity index is 1240. The van der Waals surface area contributed by atoms with E-state index in [0.717, 1.165) is 103 Å². The van der Waals surface area contributed by atoms with Crippen molar-refractivity contribution in [1.82, 2.24) is 0 Å². The van der Waals surface area contributed by atoms with E-state index in [0.29, 0.717) is 19.3 Å². The van der Waals surface area contributed by atoms with Crippen molar-refractivity contribution in [3.8, 4) is 0 Å². The number of hydrogen-bond donors (Lipinski definition) is 0.